The van der Waals surface area contributed by atoms with Crippen molar-refractivity contribution < 1.29 is 18.7 Å². The van der Waals surface area contributed by atoms with Crippen molar-refractivity contribution in [3.8, 4) is 5.88 Å². The van der Waals surface area contributed by atoms with Crippen LogP contribution in [-0.2, 0) is 18.4 Å². The number of nitrogens with zero attached hydrogens (tertiary/aromatic N) is 2. The number of halogens is 1. The highest BCUT2D eigenvalue weighted by Gasteiger charge is 2.16. The van der Waals surface area contributed by atoms with Gasteiger partial charge < -0.3 is 15.4 Å². The molecule has 8 heteroatoms. The van der Waals surface area contributed by atoms with Crippen LogP contribution in [0.4, 0.5) is 4.39 Å². The Morgan fingerprint density at radius 3 is 2.74 bits per heavy atom. The molecule has 0 unspecified atom stereocenters. The second kappa shape index (κ2) is 7.39. The molecule has 0 aliphatic rings. The van der Waals surface area contributed by atoms with Crippen LogP contribution in [0.25, 0.3) is 0 Å². The van der Waals surface area contributed by atoms with E-state index >= 15 is 0 Å². The fraction of sp³-hybridized carbons (Fsp3) is 0.267. The number of nitrogens with one attached hydrogen (secondary N) is 2. The lowest BCUT2D eigenvalue weighted by atomic mass is 10.2. The smallest absolute Gasteiger partial charge is 0.258 e. The lowest BCUT2D eigenvalue weighted by Gasteiger charge is -2.07. The monoisotopic (exact) mass is 320 g/mol. The number of aromatic nitrogens is 2. The van der Waals surface area contributed by atoms with Gasteiger partial charge in [-0.1, -0.05) is 18.2 Å². The van der Waals surface area contributed by atoms with Gasteiger partial charge in [0.15, 0.2) is 0 Å². The van der Waals surface area contributed by atoms with Gasteiger partial charge in [-0.25, -0.2) is 4.39 Å². The Labute approximate surface area is 132 Å². The number of hydrogen-bond acceptors (Lipinski definition) is 4. The molecule has 0 aliphatic heterocycles. The van der Waals surface area contributed by atoms with Gasteiger partial charge in [-0.2, -0.15) is 0 Å². The first-order valence-electron chi connectivity index (χ1n) is 6.87. The van der Waals surface area contributed by atoms with Crippen molar-refractivity contribution >= 4 is 11.8 Å². The van der Waals surface area contributed by atoms with Gasteiger partial charge >= 0.3 is 0 Å². The van der Waals surface area contributed by atoms with E-state index in [1.54, 1.807) is 25.2 Å². The number of hydrogen-bond donors (Lipinski definition) is 2. The van der Waals surface area contributed by atoms with Crippen molar-refractivity contribution in [2.45, 2.75) is 6.54 Å². The van der Waals surface area contributed by atoms with Crippen molar-refractivity contribution in [1.29, 1.82) is 0 Å². The second-order valence-corrected chi connectivity index (χ2v) is 4.78. The van der Waals surface area contributed by atoms with Crippen LogP contribution in [0.3, 0.4) is 0 Å². The zero-order valence-corrected chi connectivity index (χ0v) is 12.8. The molecule has 2 amide bonds. The largest absolute Gasteiger partial charge is 0.479 e. The summed E-state index contributed by atoms with van der Waals surface area (Å²) < 4.78 is 19.8. The normalized spacial score (nSPS) is 10.2. The van der Waals surface area contributed by atoms with Crippen LogP contribution in [0.5, 0.6) is 5.88 Å². The van der Waals surface area contributed by atoms with Crippen molar-refractivity contribution in [2.75, 3.05) is 13.7 Å². The van der Waals surface area contributed by atoms with Gasteiger partial charge in [0.1, 0.15) is 11.4 Å². The predicted molar refractivity (Wildman–Crippen MR) is 80.3 cm³/mol. The van der Waals surface area contributed by atoms with E-state index in [1.165, 1.54) is 24.1 Å². The Hall–Kier alpha value is -2.90. The van der Waals surface area contributed by atoms with Gasteiger partial charge in [-0.3, -0.25) is 14.3 Å². The Balaban J connectivity index is 1.84. The number of methoxy groups -OCH3 is 1. The molecule has 2 rings (SSSR count). The number of benzene rings is 1. The molecule has 0 bridgehead atoms. The molecule has 1 aromatic carbocycles. The molecule has 2 aromatic rings. The van der Waals surface area contributed by atoms with Crippen molar-refractivity contribution in [1.82, 2.24) is 20.4 Å². The molecule has 122 valence electrons. The van der Waals surface area contributed by atoms with E-state index in [0.717, 1.165) is 0 Å². The summed E-state index contributed by atoms with van der Waals surface area (Å²) in [5, 5.41) is 8.95. The van der Waals surface area contributed by atoms with Crippen LogP contribution >= 0.6 is 0 Å². The third kappa shape index (κ3) is 4.29. The van der Waals surface area contributed by atoms with Crippen molar-refractivity contribution in [3.05, 3.63) is 47.4 Å². The number of ether oxygens (including phenoxy) is 1. The molecule has 23 heavy (non-hydrogen) atoms. The minimum atomic E-state index is -0.476. The third-order valence-corrected chi connectivity index (χ3v) is 3.08. The van der Waals surface area contributed by atoms with E-state index in [4.69, 9.17) is 4.74 Å². The molecular formula is C15H17FN4O3. The molecule has 1 aromatic heterocycles. The maximum absolute atomic E-state index is 13.4. The molecule has 0 spiro atoms. The fourth-order valence-corrected chi connectivity index (χ4v) is 1.93. The summed E-state index contributed by atoms with van der Waals surface area (Å²) in [6.07, 6.45) is 1.49. The first kappa shape index (κ1) is 16.5. The maximum Gasteiger partial charge on any atom is 0.258 e. The Morgan fingerprint density at radius 1 is 1.30 bits per heavy atom. The number of rotatable bonds is 6. The molecule has 0 saturated heterocycles. The van der Waals surface area contributed by atoms with Crippen molar-refractivity contribution in [2.24, 2.45) is 7.05 Å². The van der Waals surface area contributed by atoms with E-state index < -0.39 is 17.6 Å². The molecule has 0 radical (unpaired) electrons. The molecule has 0 saturated carbocycles. The van der Waals surface area contributed by atoms with E-state index in [0.29, 0.717) is 5.56 Å². The van der Waals surface area contributed by atoms with Gasteiger partial charge in [-0.05, 0) is 6.07 Å². The SMILES string of the molecule is COc1nn(C)cc1C(=O)NCC(=O)NCc1ccccc1F. The first-order chi connectivity index (χ1) is 11.0. The van der Waals surface area contributed by atoms with Gasteiger partial charge in [0, 0.05) is 25.4 Å². The van der Waals surface area contributed by atoms with Crippen LogP contribution in [0.2, 0.25) is 0 Å². The molecular weight excluding hydrogens is 303 g/mol. The third-order valence-electron chi connectivity index (χ3n) is 3.08. The number of carbonyl (C=O) groups excluding carboxylic acids is 2. The van der Waals surface area contributed by atoms with E-state index in [2.05, 4.69) is 15.7 Å². The van der Waals surface area contributed by atoms with Crippen LogP contribution in [0.1, 0.15) is 15.9 Å². The van der Waals surface area contributed by atoms with Gasteiger partial charge in [0.05, 0.1) is 13.7 Å². The van der Waals surface area contributed by atoms with Gasteiger partial charge in [0.25, 0.3) is 5.91 Å². The quantitative estimate of drug-likeness (QED) is 0.817. The van der Waals surface area contributed by atoms with Crippen LogP contribution in [0, 0.1) is 5.82 Å². The standard InChI is InChI=1S/C15H17FN4O3/c1-20-9-11(15(19-20)23-2)14(22)18-8-13(21)17-7-10-5-3-4-6-12(10)16/h3-6,9H,7-8H2,1-2H3,(H,17,21)(H,18,22). The predicted octanol–water partition coefficient (Wildman–Crippen LogP) is 0.614. The Morgan fingerprint density at radius 2 is 2.04 bits per heavy atom. The summed E-state index contributed by atoms with van der Waals surface area (Å²) in [5.74, 6) is -1.12. The zero-order valence-electron chi connectivity index (χ0n) is 12.8. The molecule has 1 heterocycles. The highest BCUT2D eigenvalue weighted by Crippen LogP contribution is 2.14. The number of carbonyl (C=O) groups is 2. The number of aryl methyl sites for hydroxylation is 1. The molecule has 0 aliphatic carbocycles. The summed E-state index contributed by atoms with van der Waals surface area (Å²) in [6.45, 7) is -0.178. The average Bonchev–Trinajstić information content (AvgIpc) is 2.93. The summed E-state index contributed by atoms with van der Waals surface area (Å²) in [4.78, 5) is 23.7. The maximum atomic E-state index is 13.4. The van der Waals surface area contributed by atoms with E-state index in [-0.39, 0.29) is 24.5 Å². The van der Waals surface area contributed by atoms with Crippen molar-refractivity contribution in [3.63, 3.8) is 0 Å². The van der Waals surface area contributed by atoms with Crippen LogP contribution < -0.4 is 15.4 Å². The summed E-state index contributed by atoms with van der Waals surface area (Å²) in [5.41, 5.74) is 0.609. The minimum absolute atomic E-state index is 0.0532. The van der Waals surface area contributed by atoms with E-state index in [1.807, 2.05) is 0 Å². The van der Waals surface area contributed by atoms with Crippen LogP contribution in [-0.4, -0.2) is 35.2 Å². The molecule has 7 nitrogen and oxygen atoms in total. The molecule has 2 N–H and O–H groups in total. The lowest BCUT2D eigenvalue weighted by molar-refractivity contribution is -0.120. The lowest BCUT2D eigenvalue weighted by Crippen LogP contribution is -2.36. The molecule has 0 fully saturated rings. The average molecular weight is 320 g/mol. The first-order valence-corrected chi connectivity index (χ1v) is 6.87. The van der Waals surface area contributed by atoms with Crippen LogP contribution in [0.15, 0.2) is 30.5 Å². The second-order valence-electron chi connectivity index (χ2n) is 4.78. The zero-order chi connectivity index (χ0) is 16.8. The van der Waals surface area contributed by atoms with E-state index in [9.17, 15) is 14.0 Å². The topological polar surface area (TPSA) is 85.2 Å². The number of amides is 2. The highest BCUT2D eigenvalue weighted by atomic mass is 19.1. The minimum Gasteiger partial charge on any atom is -0.479 e. The summed E-state index contributed by atoms with van der Waals surface area (Å²) >= 11 is 0. The van der Waals surface area contributed by atoms with Gasteiger partial charge in [0.2, 0.25) is 11.8 Å². The summed E-state index contributed by atoms with van der Waals surface area (Å²) in [7, 11) is 3.06. The summed E-state index contributed by atoms with van der Waals surface area (Å²) in [6, 6.07) is 6.15. The molecule has 0 atom stereocenters. The Bertz CT molecular complexity index is 714. The highest BCUT2D eigenvalue weighted by molar-refractivity contribution is 5.98. The fourth-order valence-electron chi connectivity index (χ4n) is 1.93. The Kier molecular flexibility index (Phi) is 5.29. The van der Waals surface area contributed by atoms with Gasteiger partial charge in [-0.15, -0.1) is 5.10 Å².